The zero-order valence-electron chi connectivity index (χ0n) is 14.8. The quantitative estimate of drug-likeness (QED) is 0.846. The van der Waals surface area contributed by atoms with Crippen molar-refractivity contribution in [3.8, 4) is 0 Å². The van der Waals surface area contributed by atoms with Crippen LogP contribution < -0.4 is 0 Å². The summed E-state index contributed by atoms with van der Waals surface area (Å²) in [5.41, 5.74) is 3.09. The third kappa shape index (κ3) is 4.89. The molecule has 1 heterocycles. The smallest absolute Gasteiger partial charge is 0.227 e. The zero-order chi connectivity index (χ0) is 17.7. The van der Waals surface area contributed by atoms with Crippen LogP contribution in [0.2, 0.25) is 0 Å². The average Bonchev–Trinajstić information content (AvgIpc) is 2.92. The third-order valence-electron chi connectivity index (χ3n) is 4.04. The van der Waals surface area contributed by atoms with Gasteiger partial charge in [0, 0.05) is 18.8 Å². The molecule has 0 unspecified atom stereocenters. The fourth-order valence-corrected chi connectivity index (χ4v) is 2.37. The molecular formula is C18H25FN4O. The Bertz CT molecular complexity index is 696. The first-order chi connectivity index (χ1) is 11.4. The molecule has 5 nitrogen and oxygen atoms in total. The van der Waals surface area contributed by atoms with Crippen LogP contribution in [0.15, 0.2) is 24.5 Å². The number of aromatic amines is 1. The van der Waals surface area contributed by atoms with Gasteiger partial charge in [0.1, 0.15) is 5.82 Å². The molecule has 6 heteroatoms. The number of halogens is 1. The van der Waals surface area contributed by atoms with Gasteiger partial charge in [-0.3, -0.25) is 4.79 Å². The number of likely N-dealkylation sites (N-methyl/N-ethyl adjacent to an activating group) is 1. The molecule has 0 saturated carbocycles. The average molecular weight is 332 g/mol. The van der Waals surface area contributed by atoms with Gasteiger partial charge in [0.25, 0.3) is 0 Å². The number of hydrogen-bond acceptors (Lipinski definition) is 3. The molecule has 0 saturated heterocycles. The maximum atomic E-state index is 13.7. The number of hydrogen-bond donors (Lipinski definition) is 1. The van der Waals surface area contributed by atoms with Crippen LogP contribution in [-0.2, 0) is 17.8 Å². The first kappa shape index (κ1) is 18.1. The van der Waals surface area contributed by atoms with Gasteiger partial charge in [-0.25, -0.2) is 9.37 Å². The van der Waals surface area contributed by atoms with E-state index in [2.05, 4.69) is 9.97 Å². The number of carbonyl (C=O) groups is 1. The van der Waals surface area contributed by atoms with Gasteiger partial charge in [-0.05, 0) is 45.1 Å². The molecule has 0 spiro atoms. The topological polar surface area (TPSA) is 52.2 Å². The summed E-state index contributed by atoms with van der Waals surface area (Å²) in [6, 6.07) is 4.96. The normalized spacial score (nSPS) is 11.1. The lowest BCUT2D eigenvalue weighted by atomic mass is 10.1. The fourth-order valence-electron chi connectivity index (χ4n) is 2.37. The second-order valence-corrected chi connectivity index (χ2v) is 6.35. The molecule has 0 bridgehead atoms. The molecule has 0 fully saturated rings. The summed E-state index contributed by atoms with van der Waals surface area (Å²) in [7, 11) is 3.94. The Hall–Kier alpha value is -2.21. The van der Waals surface area contributed by atoms with E-state index in [9.17, 15) is 9.18 Å². The van der Waals surface area contributed by atoms with Crippen LogP contribution in [0.3, 0.4) is 0 Å². The molecule has 0 aliphatic carbocycles. The SMILES string of the molecule is Cc1ccc(CC(=O)N(CCN(C)C)Cc2nc[nH]c2C)cc1F. The summed E-state index contributed by atoms with van der Waals surface area (Å²) in [6.07, 6.45) is 1.82. The monoisotopic (exact) mass is 332 g/mol. The van der Waals surface area contributed by atoms with E-state index in [-0.39, 0.29) is 18.1 Å². The van der Waals surface area contributed by atoms with Gasteiger partial charge < -0.3 is 14.8 Å². The van der Waals surface area contributed by atoms with Crippen molar-refractivity contribution in [2.75, 3.05) is 27.2 Å². The zero-order valence-corrected chi connectivity index (χ0v) is 14.8. The number of nitrogens with zero attached hydrogens (tertiary/aromatic N) is 3. The molecule has 0 aliphatic rings. The maximum Gasteiger partial charge on any atom is 0.227 e. The Morgan fingerprint density at radius 3 is 2.58 bits per heavy atom. The lowest BCUT2D eigenvalue weighted by Gasteiger charge is -2.24. The van der Waals surface area contributed by atoms with Crippen LogP contribution in [0.25, 0.3) is 0 Å². The number of imidazole rings is 1. The fraction of sp³-hybridized carbons (Fsp3) is 0.444. The Morgan fingerprint density at radius 1 is 1.25 bits per heavy atom. The summed E-state index contributed by atoms with van der Waals surface area (Å²) in [6.45, 7) is 5.47. The first-order valence-electron chi connectivity index (χ1n) is 8.03. The van der Waals surface area contributed by atoms with Crippen molar-refractivity contribution in [2.45, 2.75) is 26.8 Å². The summed E-state index contributed by atoms with van der Waals surface area (Å²) in [5.74, 6) is -0.300. The van der Waals surface area contributed by atoms with E-state index in [1.165, 1.54) is 6.07 Å². The van der Waals surface area contributed by atoms with Crippen molar-refractivity contribution < 1.29 is 9.18 Å². The minimum atomic E-state index is -0.275. The second-order valence-electron chi connectivity index (χ2n) is 6.35. The van der Waals surface area contributed by atoms with Gasteiger partial charge in [-0.2, -0.15) is 0 Å². The first-order valence-corrected chi connectivity index (χ1v) is 8.03. The third-order valence-corrected chi connectivity index (χ3v) is 4.04. The molecule has 130 valence electrons. The highest BCUT2D eigenvalue weighted by molar-refractivity contribution is 5.78. The minimum Gasteiger partial charge on any atom is -0.348 e. The van der Waals surface area contributed by atoms with Gasteiger partial charge in [0.2, 0.25) is 5.91 Å². The van der Waals surface area contributed by atoms with Crippen molar-refractivity contribution in [3.05, 3.63) is 52.9 Å². The van der Waals surface area contributed by atoms with E-state index in [1.54, 1.807) is 30.3 Å². The van der Waals surface area contributed by atoms with Gasteiger partial charge in [0.15, 0.2) is 0 Å². The number of aromatic nitrogens is 2. The lowest BCUT2D eigenvalue weighted by Crippen LogP contribution is -2.37. The number of H-pyrrole nitrogens is 1. The van der Waals surface area contributed by atoms with Gasteiger partial charge >= 0.3 is 0 Å². The van der Waals surface area contributed by atoms with E-state index in [1.807, 2.05) is 25.9 Å². The summed E-state index contributed by atoms with van der Waals surface area (Å²) in [5, 5.41) is 0. The number of rotatable bonds is 7. The molecule has 24 heavy (non-hydrogen) atoms. The Morgan fingerprint density at radius 2 is 2.00 bits per heavy atom. The number of benzene rings is 1. The van der Waals surface area contributed by atoms with Gasteiger partial charge in [0.05, 0.1) is 25.0 Å². The lowest BCUT2D eigenvalue weighted by molar-refractivity contribution is -0.131. The van der Waals surface area contributed by atoms with Crippen molar-refractivity contribution in [3.63, 3.8) is 0 Å². The molecule has 1 N–H and O–H groups in total. The van der Waals surface area contributed by atoms with Crippen molar-refractivity contribution in [1.29, 1.82) is 0 Å². The van der Waals surface area contributed by atoms with Gasteiger partial charge in [-0.15, -0.1) is 0 Å². The van der Waals surface area contributed by atoms with Crippen LogP contribution in [-0.4, -0.2) is 52.9 Å². The van der Waals surface area contributed by atoms with Crippen LogP contribution in [0.5, 0.6) is 0 Å². The predicted octanol–water partition coefficient (Wildman–Crippen LogP) is 2.30. The number of aryl methyl sites for hydroxylation is 2. The van der Waals surface area contributed by atoms with Crippen LogP contribution in [0, 0.1) is 19.7 Å². The van der Waals surface area contributed by atoms with Gasteiger partial charge in [-0.1, -0.05) is 12.1 Å². The Balaban J connectivity index is 2.10. The van der Waals surface area contributed by atoms with Crippen LogP contribution in [0.4, 0.5) is 4.39 Å². The predicted molar refractivity (Wildman–Crippen MR) is 92.1 cm³/mol. The minimum absolute atomic E-state index is 0.0255. The Labute approximate surface area is 142 Å². The highest BCUT2D eigenvalue weighted by Crippen LogP contribution is 2.12. The van der Waals surface area contributed by atoms with E-state index in [4.69, 9.17) is 0 Å². The van der Waals surface area contributed by atoms with E-state index in [0.717, 1.165) is 17.9 Å². The molecular weight excluding hydrogens is 307 g/mol. The van der Waals surface area contributed by atoms with E-state index in [0.29, 0.717) is 24.2 Å². The summed E-state index contributed by atoms with van der Waals surface area (Å²) < 4.78 is 13.7. The number of nitrogens with one attached hydrogen (secondary N) is 1. The Kier molecular flexibility index (Phi) is 6.09. The van der Waals surface area contributed by atoms with Crippen LogP contribution >= 0.6 is 0 Å². The highest BCUT2D eigenvalue weighted by Gasteiger charge is 2.17. The highest BCUT2D eigenvalue weighted by atomic mass is 19.1. The van der Waals surface area contributed by atoms with Crippen molar-refractivity contribution >= 4 is 5.91 Å². The molecule has 2 aromatic rings. The largest absolute Gasteiger partial charge is 0.348 e. The summed E-state index contributed by atoms with van der Waals surface area (Å²) >= 11 is 0. The molecule has 0 atom stereocenters. The van der Waals surface area contributed by atoms with E-state index < -0.39 is 0 Å². The molecule has 2 rings (SSSR count). The molecule has 0 radical (unpaired) electrons. The second kappa shape index (κ2) is 8.06. The molecule has 1 aromatic carbocycles. The molecule has 0 aliphatic heterocycles. The summed E-state index contributed by atoms with van der Waals surface area (Å²) in [4.78, 5) is 23.8. The standard InChI is InChI=1S/C18H25FN4O/c1-13-5-6-15(9-16(13)19)10-18(24)23(8-7-22(3)4)11-17-14(2)20-12-21-17/h5-6,9,12H,7-8,10-11H2,1-4H3,(H,20,21). The number of amides is 1. The molecule has 1 aromatic heterocycles. The molecule has 1 amide bonds. The van der Waals surface area contributed by atoms with Crippen molar-refractivity contribution in [2.24, 2.45) is 0 Å². The maximum absolute atomic E-state index is 13.7. The number of carbonyl (C=O) groups excluding carboxylic acids is 1. The van der Waals surface area contributed by atoms with E-state index >= 15 is 0 Å². The van der Waals surface area contributed by atoms with Crippen molar-refractivity contribution in [1.82, 2.24) is 19.8 Å². The van der Waals surface area contributed by atoms with Crippen LogP contribution in [0.1, 0.15) is 22.5 Å².